The zero-order valence-corrected chi connectivity index (χ0v) is 20.6. The maximum atomic E-state index is 8.12. The monoisotopic (exact) mass is 451 g/mol. The van der Waals surface area contributed by atoms with Crippen LogP contribution < -0.4 is 4.90 Å². The first-order valence-corrected chi connectivity index (χ1v) is 11.9. The zero-order valence-electron chi connectivity index (χ0n) is 19.7. The number of carbonyl (C=O) groups excluding carboxylic acids is 2. The van der Waals surface area contributed by atoms with Crippen LogP contribution >= 0.6 is 12.6 Å². The normalized spacial score (nSPS) is 14.4. The van der Waals surface area contributed by atoms with E-state index in [1.165, 1.54) is 46.3 Å². The van der Waals surface area contributed by atoms with E-state index in [2.05, 4.69) is 87.2 Å². The molecule has 1 aliphatic rings. The van der Waals surface area contributed by atoms with Crippen molar-refractivity contribution in [3.05, 3.63) is 52.8 Å². The highest BCUT2D eigenvalue weighted by atomic mass is 32.1. The number of hydrogen-bond donors (Lipinski definition) is 1. The SMILES string of the molecule is Cc1cc(N2CCC(C)CC2)c2c(C)cn(-c3ccc(C(C)C)cc3CS)c2n1.O=C=O. The number of aryl methyl sites for hydroxylation is 2. The van der Waals surface area contributed by atoms with Gasteiger partial charge in [0.15, 0.2) is 0 Å². The Hall–Kier alpha value is -2.56. The topological polar surface area (TPSA) is 55.2 Å². The lowest BCUT2D eigenvalue weighted by Gasteiger charge is -2.33. The molecular formula is C26H33N3O2S. The number of piperidine rings is 1. The first kappa shape index (κ1) is 24.1. The molecule has 0 amide bonds. The number of hydrogen-bond acceptors (Lipinski definition) is 5. The van der Waals surface area contributed by atoms with Gasteiger partial charge in [0.2, 0.25) is 0 Å². The molecule has 0 N–H and O–H groups in total. The lowest BCUT2D eigenvalue weighted by Crippen LogP contribution is -2.33. The molecule has 1 aliphatic heterocycles. The molecule has 0 aliphatic carbocycles. The van der Waals surface area contributed by atoms with Crippen LogP contribution in [0, 0.1) is 19.8 Å². The largest absolute Gasteiger partial charge is 0.373 e. The van der Waals surface area contributed by atoms with Gasteiger partial charge in [-0.2, -0.15) is 22.2 Å². The molecule has 2 aromatic heterocycles. The van der Waals surface area contributed by atoms with Gasteiger partial charge in [-0.05, 0) is 67.3 Å². The molecule has 4 rings (SSSR count). The van der Waals surface area contributed by atoms with Crippen LogP contribution in [0.1, 0.15) is 61.9 Å². The second-order valence-corrected chi connectivity index (χ2v) is 9.43. The van der Waals surface area contributed by atoms with Gasteiger partial charge < -0.3 is 9.47 Å². The van der Waals surface area contributed by atoms with Crippen LogP contribution in [0.15, 0.2) is 30.5 Å². The molecule has 0 radical (unpaired) electrons. The second kappa shape index (κ2) is 10.4. The van der Waals surface area contributed by atoms with Crippen LogP contribution in [-0.2, 0) is 15.3 Å². The molecule has 3 aromatic rings. The molecule has 1 fully saturated rings. The van der Waals surface area contributed by atoms with Crippen LogP contribution in [-0.4, -0.2) is 28.8 Å². The number of thiol groups is 1. The zero-order chi connectivity index (χ0) is 23.4. The molecule has 0 atom stereocenters. The number of nitrogens with zero attached hydrogens (tertiary/aromatic N) is 3. The predicted octanol–water partition coefficient (Wildman–Crippen LogP) is 5.85. The van der Waals surface area contributed by atoms with E-state index < -0.39 is 0 Å². The molecule has 0 bridgehead atoms. The van der Waals surface area contributed by atoms with Gasteiger partial charge in [-0.3, -0.25) is 0 Å². The first-order chi connectivity index (χ1) is 15.3. The average Bonchev–Trinajstić information content (AvgIpc) is 3.09. The average molecular weight is 452 g/mol. The molecule has 1 saturated heterocycles. The van der Waals surface area contributed by atoms with Gasteiger partial charge in [-0.25, -0.2) is 4.98 Å². The summed E-state index contributed by atoms with van der Waals surface area (Å²) >= 11 is 4.64. The van der Waals surface area contributed by atoms with Gasteiger partial charge >= 0.3 is 6.15 Å². The molecule has 5 nitrogen and oxygen atoms in total. The van der Waals surface area contributed by atoms with Crippen molar-refractivity contribution in [3.63, 3.8) is 0 Å². The molecule has 6 heteroatoms. The number of anilines is 1. The lowest BCUT2D eigenvalue weighted by atomic mass is 9.98. The van der Waals surface area contributed by atoms with Crippen molar-refractivity contribution in [3.8, 4) is 5.69 Å². The highest BCUT2D eigenvalue weighted by Crippen LogP contribution is 2.35. The van der Waals surface area contributed by atoms with Crippen molar-refractivity contribution < 1.29 is 9.59 Å². The van der Waals surface area contributed by atoms with E-state index >= 15 is 0 Å². The Morgan fingerprint density at radius 1 is 1.12 bits per heavy atom. The molecule has 3 heterocycles. The van der Waals surface area contributed by atoms with Gasteiger partial charge in [0.05, 0.1) is 5.69 Å². The van der Waals surface area contributed by atoms with Crippen molar-refractivity contribution in [2.45, 2.75) is 59.1 Å². The Labute approximate surface area is 196 Å². The summed E-state index contributed by atoms with van der Waals surface area (Å²) in [5, 5.41) is 1.29. The minimum atomic E-state index is 0.250. The Morgan fingerprint density at radius 2 is 1.78 bits per heavy atom. The summed E-state index contributed by atoms with van der Waals surface area (Å²) in [6, 6.07) is 9.07. The van der Waals surface area contributed by atoms with Crippen LogP contribution in [0.2, 0.25) is 0 Å². The highest BCUT2D eigenvalue weighted by Gasteiger charge is 2.22. The van der Waals surface area contributed by atoms with Crippen molar-refractivity contribution in [1.29, 1.82) is 0 Å². The fraction of sp³-hybridized carbons (Fsp3) is 0.462. The summed E-state index contributed by atoms with van der Waals surface area (Å²) < 4.78 is 2.28. The summed E-state index contributed by atoms with van der Waals surface area (Å²) in [5.74, 6) is 2.06. The van der Waals surface area contributed by atoms with Gasteiger partial charge in [-0.1, -0.05) is 32.9 Å². The van der Waals surface area contributed by atoms with Crippen LogP contribution in [0.3, 0.4) is 0 Å². The minimum Gasteiger partial charge on any atom is -0.371 e. The summed E-state index contributed by atoms with van der Waals surface area (Å²) in [6.07, 6.45) is 5.04. The second-order valence-electron chi connectivity index (χ2n) is 9.12. The summed E-state index contributed by atoms with van der Waals surface area (Å²) in [5.41, 5.74) is 8.60. The van der Waals surface area contributed by atoms with Crippen molar-refractivity contribution in [1.82, 2.24) is 9.55 Å². The van der Waals surface area contributed by atoms with Gasteiger partial charge in [0.1, 0.15) is 5.65 Å². The fourth-order valence-corrected chi connectivity index (χ4v) is 4.77. The first-order valence-electron chi connectivity index (χ1n) is 11.3. The molecule has 170 valence electrons. The number of benzene rings is 1. The van der Waals surface area contributed by atoms with E-state index in [0.717, 1.165) is 36.1 Å². The number of rotatable bonds is 4. The Kier molecular flexibility index (Phi) is 7.81. The molecule has 1 aromatic carbocycles. The van der Waals surface area contributed by atoms with E-state index in [4.69, 9.17) is 14.6 Å². The van der Waals surface area contributed by atoms with Gasteiger partial charge in [0.25, 0.3) is 0 Å². The number of pyridine rings is 1. The molecular weight excluding hydrogens is 418 g/mol. The van der Waals surface area contributed by atoms with Crippen molar-refractivity contribution in [2.24, 2.45) is 5.92 Å². The van der Waals surface area contributed by atoms with Crippen molar-refractivity contribution >= 4 is 35.5 Å². The standard InChI is InChI=1S/C25H33N3S.CO2/c1-16(2)20-6-7-22(21(13-20)15-29)28-14-18(4)24-23(12-19(5)26-25(24)28)27-10-8-17(3)9-11-27;2-1-3/h6-7,12-14,16-17,29H,8-11,15H2,1-5H3;. The van der Waals surface area contributed by atoms with Crippen LogP contribution in [0.4, 0.5) is 5.69 Å². The number of aromatic nitrogens is 2. The summed E-state index contributed by atoms with van der Waals surface area (Å²) in [6.45, 7) is 13.4. The van der Waals surface area contributed by atoms with Crippen LogP contribution in [0.25, 0.3) is 16.7 Å². The third-order valence-corrected chi connectivity index (χ3v) is 6.72. The van der Waals surface area contributed by atoms with E-state index in [0.29, 0.717) is 5.92 Å². The van der Waals surface area contributed by atoms with E-state index in [1.54, 1.807) is 0 Å². The third kappa shape index (κ3) is 4.92. The Bertz CT molecular complexity index is 1120. The molecule has 0 spiro atoms. The highest BCUT2D eigenvalue weighted by molar-refractivity contribution is 7.79. The third-order valence-electron chi connectivity index (χ3n) is 6.38. The molecule has 0 unspecified atom stereocenters. The smallest absolute Gasteiger partial charge is 0.371 e. The Balaban J connectivity index is 0.000000913. The Morgan fingerprint density at radius 3 is 2.38 bits per heavy atom. The van der Waals surface area contributed by atoms with E-state index in [-0.39, 0.29) is 6.15 Å². The lowest BCUT2D eigenvalue weighted by molar-refractivity contribution is -0.191. The molecule has 0 saturated carbocycles. The number of fused-ring (bicyclic) bond motifs is 1. The minimum absolute atomic E-state index is 0.250. The molecule has 32 heavy (non-hydrogen) atoms. The van der Waals surface area contributed by atoms with Gasteiger partial charge in [-0.15, -0.1) is 0 Å². The maximum absolute atomic E-state index is 8.12. The predicted molar refractivity (Wildman–Crippen MR) is 133 cm³/mol. The van der Waals surface area contributed by atoms with E-state index in [1.807, 2.05) is 0 Å². The quantitative estimate of drug-likeness (QED) is 0.506. The summed E-state index contributed by atoms with van der Waals surface area (Å²) in [4.78, 5) is 23.8. The van der Waals surface area contributed by atoms with Gasteiger partial charge in [0, 0.05) is 41.8 Å². The fourth-order valence-electron chi connectivity index (χ4n) is 4.52. The van der Waals surface area contributed by atoms with E-state index in [9.17, 15) is 0 Å². The van der Waals surface area contributed by atoms with Crippen LogP contribution in [0.5, 0.6) is 0 Å². The van der Waals surface area contributed by atoms with Crippen molar-refractivity contribution in [2.75, 3.05) is 18.0 Å². The summed E-state index contributed by atoms with van der Waals surface area (Å²) in [7, 11) is 0. The maximum Gasteiger partial charge on any atom is 0.373 e.